The van der Waals surface area contributed by atoms with E-state index in [1.807, 2.05) is 13.8 Å². The summed E-state index contributed by atoms with van der Waals surface area (Å²) >= 11 is 0. The molecule has 0 rings (SSSR count). The summed E-state index contributed by atoms with van der Waals surface area (Å²) in [6.45, 7) is 5.20. The Bertz CT molecular complexity index is 180. The summed E-state index contributed by atoms with van der Waals surface area (Å²) < 4.78 is 0. The summed E-state index contributed by atoms with van der Waals surface area (Å²) in [5.74, 6) is 0. The van der Waals surface area contributed by atoms with Gasteiger partial charge in [0.2, 0.25) is 0 Å². The molecule has 0 spiro atoms. The molecule has 0 aromatic heterocycles. The zero-order valence-corrected chi connectivity index (χ0v) is 12.4. The summed E-state index contributed by atoms with van der Waals surface area (Å²) in [5, 5.41) is 0. The number of nitrogens with two attached hydrogens (primary N) is 4. The monoisotopic (exact) mass is 258 g/mol. The molecule has 0 saturated heterocycles. The van der Waals surface area contributed by atoms with E-state index < -0.39 is 0 Å². The highest BCUT2D eigenvalue weighted by molar-refractivity contribution is 4.79. The highest BCUT2D eigenvalue weighted by Gasteiger charge is 2.15. The van der Waals surface area contributed by atoms with Crippen LogP contribution in [0.3, 0.4) is 0 Å². The minimum absolute atomic E-state index is 0.178. The molecule has 2 unspecified atom stereocenters. The Morgan fingerprint density at radius 2 is 0.889 bits per heavy atom. The SMILES string of the molecule is CC(N)(CN)CCCCCCCCC(C)(N)CN. The highest BCUT2D eigenvalue weighted by atomic mass is 14.8. The van der Waals surface area contributed by atoms with Crippen molar-refractivity contribution in [2.75, 3.05) is 13.1 Å². The number of hydrogen-bond acceptors (Lipinski definition) is 4. The molecule has 110 valence electrons. The maximum atomic E-state index is 5.99. The van der Waals surface area contributed by atoms with E-state index in [0.717, 1.165) is 12.8 Å². The Balaban J connectivity index is 3.32. The van der Waals surface area contributed by atoms with Crippen molar-refractivity contribution in [1.29, 1.82) is 0 Å². The Morgan fingerprint density at radius 3 is 1.17 bits per heavy atom. The van der Waals surface area contributed by atoms with Crippen LogP contribution < -0.4 is 22.9 Å². The fourth-order valence-corrected chi connectivity index (χ4v) is 1.97. The van der Waals surface area contributed by atoms with Gasteiger partial charge in [0.05, 0.1) is 0 Å². The molecule has 0 radical (unpaired) electrons. The molecule has 0 aliphatic rings. The molecule has 0 aliphatic carbocycles. The Labute approximate surface area is 113 Å². The lowest BCUT2D eigenvalue weighted by atomic mass is 9.94. The van der Waals surface area contributed by atoms with Crippen molar-refractivity contribution in [3.63, 3.8) is 0 Å². The molecule has 0 aromatic rings. The van der Waals surface area contributed by atoms with Gasteiger partial charge in [0.15, 0.2) is 0 Å². The van der Waals surface area contributed by atoms with Gasteiger partial charge in [0.25, 0.3) is 0 Å². The van der Waals surface area contributed by atoms with Gasteiger partial charge in [-0.2, -0.15) is 0 Å². The molecule has 0 aromatic carbocycles. The van der Waals surface area contributed by atoms with Gasteiger partial charge in [-0.25, -0.2) is 0 Å². The van der Waals surface area contributed by atoms with Crippen LogP contribution in [0.5, 0.6) is 0 Å². The molecular weight excluding hydrogens is 224 g/mol. The van der Waals surface area contributed by atoms with E-state index in [0.29, 0.717) is 13.1 Å². The maximum absolute atomic E-state index is 5.99. The van der Waals surface area contributed by atoms with Crippen molar-refractivity contribution in [1.82, 2.24) is 0 Å². The van der Waals surface area contributed by atoms with Crippen LogP contribution in [0.25, 0.3) is 0 Å². The van der Waals surface area contributed by atoms with E-state index in [-0.39, 0.29) is 11.1 Å². The third-order valence-corrected chi connectivity index (χ3v) is 3.68. The van der Waals surface area contributed by atoms with Crippen LogP contribution in [-0.4, -0.2) is 24.2 Å². The Hall–Kier alpha value is -0.160. The normalized spacial score (nSPS) is 18.3. The summed E-state index contributed by atoms with van der Waals surface area (Å²) in [4.78, 5) is 0. The first-order valence-electron chi connectivity index (χ1n) is 7.31. The molecule has 4 nitrogen and oxygen atoms in total. The zero-order chi connectivity index (χ0) is 14.1. The van der Waals surface area contributed by atoms with Crippen molar-refractivity contribution < 1.29 is 0 Å². The third kappa shape index (κ3) is 9.83. The van der Waals surface area contributed by atoms with E-state index in [9.17, 15) is 0 Å². The maximum Gasteiger partial charge on any atom is 0.0249 e. The van der Waals surface area contributed by atoms with Gasteiger partial charge < -0.3 is 22.9 Å². The topological polar surface area (TPSA) is 104 Å². The van der Waals surface area contributed by atoms with E-state index in [1.165, 1.54) is 38.5 Å². The van der Waals surface area contributed by atoms with Crippen LogP contribution in [0, 0.1) is 0 Å². The Kier molecular flexibility index (Phi) is 8.78. The lowest BCUT2D eigenvalue weighted by Crippen LogP contribution is -2.43. The van der Waals surface area contributed by atoms with Crippen LogP contribution in [-0.2, 0) is 0 Å². The molecule has 0 bridgehead atoms. The number of hydrogen-bond donors (Lipinski definition) is 4. The first kappa shape index (κ1) is 17.8. The lowest BCUT2D eigenvalue weighted by Gasteiger charge is -2.22. The molecule has 2 atom stereocenters. The molecule has 4 heteroatoms. The predicted molar refractivity (Wildman–Crippen MR) is 80.2 cm³/mol. The van der Waals surface area contributed by atoms with Gasteiger partial charge in [-0.3, -0.25) is 0 Å². The van der Waals surface area contributed by atoms with Crippen LogP contribution in [0.4, 0.5) is 0 Å². The molecule has 0 amide bonds. The van der Waals surface area contributed by atoms with E-state index >= 15 is 0 Å². The van der Waals surface area contributed by atoms with Crippen LogP contribution >= 0.6 is 0 Å². The quantitative estimate of drug-likeness (QED) is 0.421. The van der Waals surface area contributed by atoms with E-state index in [1.54, 1.807) is 0 Å². The molecule has 18 heavy (non-hydrogen) atoms. The standard InChI is InChI=1S/C14H34N4/c1-13(17,11-15)9-7-5-3-4-6-8-10-14(2,18)12-16/h3-12,15-18H2,1-2H3. The van der Waals surface area contributed by atoms with Crippen molar-refractivity contribution in [3.05, 3.63) is 0 Å². The largest absolute Gasteiger partial charge is 0.329 e. The molecule has 0 heterocycles. The first-order chi connectivity index (χ1) is 8.33. The predicted octanol–water partition coefficient (Wildman–Crippen LogP) is 1.46. The average Bonchev–Trinajstić information content (AvgIpc) is 2.32. The molecular formula is C14H34N4. The lowest BCUT2D eigenvalue weighted by molar-refractivity contribution is 0.403. The Morgan fingerprint density at radius 1 is 0.611 bits per heavy atom. The van der Waals surface area contributed by atoms with Crippen molar-refractivity contribution in [2.24, 2.45) is 22.9 Å². The molecule has 0 aliphatic heterocycles. The van der Waals surface area contributed by atoms with Gasteiger partial charge >= 0.3 is 0 Å². The van der Waals surface area contributed by atoms with Gasteiger partial charge in [-0.1, -0.05) is 38.5 Å². The van der Waals surface area contributed by atoms with Crippen LogP contribution in [0.15, 0.2) is 0 Å². The molecule has 8 N–H and O–H groups in total. The second kappa shape index (κ2) is 8.86. The van der Waals surface area contributed by atoms with Gasteiger partial charge in [-0.05, 0) is 26.7 Å². The summed E-state index contributed by atoms with van der Waals surface area (Å²) in [7, 11) is 0. The smallest absolute Gasteiger partial charge is 0.0249 e. The fourth-order valence-electron chi connectivity index (χ4n) is 1.97. The number of unbranched alkanes of at least 4 members (excludes halogenated alkanes) is 5. The second-order valence-electron chi connectivity index (χ2n) is 6.34. The minimum atomic E-state index is -0.178. The van der Waals surface area contributed by atoms with Crippen molar-refractivity contribution in [2.45, 2.75) is 76.3 Å². The molecule has 0 saturated carbocycles. The molecule has 0 fully saturated rings. The summed E-state index contributed by atoms with van der Waals surface area (Å²) in [5.41, 5.74) is 22.8. The van der Waals surface area contributed by atoms with Crippen molar-refractivity contribution >= 4 is 0 Å². The van der Waals surface area contributed by atoms with Crippen molar-refractivity contribution in [3.8, 4) is 0 Å². The van der Waals surface area contributed by atoms with Gasteiger partial charge in [0.1, 0.15) is 0 Å². The minimum Gasteiger partial charge on any atom is -0.329 e. The van der Waals surface area contributed by atoms with Crippen LogP contribution in [0.2, 0.25) is 0 Å². The van der Waals surface area contributed by atoms with Gasteiger partial charge in [-0.15, -0.1) is 0 Å². The van der Waals surface area contributed by atoms with Gasteiger partial charge in [0, 0.05) is 24.2 Å². The summed E-state index contributed by atoms with van der Waals surface area (Å²) in [6.07, 6.45) is 9.49. The second-order valence-corrected chi connectivity index (χ2v) is 6.34. The first-order valence-corrected chi connectivity index (χ1v) is 7.31. The summed E-state index contributed by atoms with van der Waals surface area (Å²) in [6, 6.07) is 0. The average molecular weight is 258 g/mol. The third-order valence-electron chi connectivity index (χ3n) is 3.68. The number of rotatable bonds is 11. The fraction of sp³-hybridized carbons (Fsp3) is 1.00. The highest BCUT2D eigenvalue weighted by Crippen LogP contribution is 2.15. The zero-order valence-electron chi connectivity index (χ0n) is 12.4. The van der Waals surface area contributed by atoms with E-state index in [4.69, 9.17) is 22.9 Å². The van der Waals surface area contributed by atoms with Crippen LogP contribution in [0.1, 0.15) is 65.2 Å². The van der Waals surface area contributed by atoms with E-state index in [2.05, 4.69) is 0 Å².